The Labute approximate surface area is 127 Å². The molecule has 0 fully saturated rings. The van der Waals surface area contributed by atoms with Crippen LogP contribution >= 0.6 is 23.2 Å². The summed E-state index contributed by atoms with van der Waals surface area (Å²) in [6.07, 6.45) is -0.125. The summed E-state index contributed by atoms with van der Waals surface area (Å²) < 4.78 is 0. The summed E-state index contributed by atoms with van der Waals surface area (Å²) in [4.78, 5) is 24.5. The molecule has 1 aromatic rings. The molecule has 0 heterocycles. The average Bonchev–Trinajstić information content (AvgIpc) is 2.34. The van der Waals surface area contributed by atoms with Gasteiger partial charge in [-0.05, 0) is 26.0 Å². The van der Waals surface area contributed by atoms with Crippen molar-refractivity contribution >= 4 is 40.8 Å². The van der Waals surface area contributed by atoms with E-state index in [0.29, 0.717) is 0 Å². The molecule has 0 spiro atoms. The SMILES string of the molecule is CC(C)N(CCC(=O)O)C(=O)c1cc(Cl)c(N)c(Cl)c1. The minimum absolute atomic E-state index is 0.117. The number of carboxylic acids is 1. The minimum atomic E-state index is -0.961. The van der Waals surface area contributed by atoms with Crippen LogP contribution in [0.25, 0.3) is 0 Å². The summed E-state index contributed by atoms with van der Waals surface area (Å²) in [5, 5.41) is 9.12. The summed E-state index contributed by atoms with van der Waals surface area (Å²) in [7, 11) is 0. The second-order valence-corrected chi connectivity index (χ2v) is 5.40. The molecule has 5 nitrogen and oxygen atoms in total. The molecule has 0 bridgehead atoms. The van der Waals surface area contributed by atoms with Crippen molar-refractivity contribution in [3.63, 3.8) is 0 Å². The molecule has 0 saturated carbocycles. The molecule has 1 amide bonds. The molecule has 0 radical (unpaired) electrons. The summed E-state index contributed by atoms with van der Waals surface area (Å²) in [6, 6.07) is 2.72. The van der Waals surface area contributed by atoms with Crippen LogP contribution in [0, 0.1) is 0 Å². The van der Waals surface area contributed by atoms with Crippen molar-refractivity contribution in [2.24, 2.45) is 0 Å². The number of nitrogen functional groups attached to an aromatic ring is 1. The number of carbonyl (C=O) groups excluding carboxylic acids is 1. The number of halogens is 2. The fourth-order valence-corrected chi connectivity index (χ4v) is 2.17. The second kappa shape index (κ2) is 6.81. The molecular formula is C13H16Cl2N2O3. The number of aliphatic carboxylic acids is 1. The first kappa shape index (κ1) is 16.6. The Hall–Kier alpha value is -1.46. The zero-order valence-electron chi connectivity index (χ0n) is 11.2. The number of anilines is 1. The summed E-state index contributed by atoms with van der Waals surface area (Å²) >= 11 is 11.8. The van der Waals surface area contributed by atoms with Gasteiger partial charge in [0.05, 0.1) is 22.2 Å². The maximum atomic E-state index is 12.4. The average molecular weight is 319 g/mol. The largest absolute Gasteiger partial charge is 0.481 e. The minimum Gasteiger partial charge on any atom is -0.481 e. The lowest BCUT2D eigenvalue weighted by Crippen LogP contribution is -2.38. The number of hydrogen-bond acceptors (Lipinski definition) is 3. The van der Waals surface area contributed by atoms with Crippen molar-refractivity contribution in [2.75, 3.05) is 12.3 Å². The van der Waals surface area contributed by atoms with E-state index < -0.39 is 5.97 Å². The Morgan fingerprint density at radius 3 is 2.20 bits per heavy atom. The summed E-state index contributed by atoms with van der Waals surface area (Å²) in [6.45, 7) is 3.73. The molecule has 3 N–H and O–H groups in total. The first-order chi connectivity index (χ1) is 9.23. The normalized spacial score (nSPS) is 10.7. The lowest BCUT2D eigenvalue weighted by Gasteiger charge is -2.26. The Morgan fingerprint density at radius 2 is 1.80 bits per heavy atom. The van der Waals surface area contributed by atoms with Crippen LogP contribution in [0.2, 0.25) is 10.0 Å². The topological polar surface area (TPSA) is 83.6 Å². The van der Waals surface area contributed by atoms with Crippen molar-refractivity contribution in [1.29, 1.82) is 0 Å². The number of amides is 1. The number of carbonyl (C=O) groups is 2. The van der Waals surface area contributed by atoms with Crippen LogP contribution in [0.3, 0.4) is 0 Å². The van der Waals surface area contributed by atoms with Crippen LogP contribution in [0.5, 0.6) is 0 Å². The highest BCUT2D eigenvalue weighted by Crippen LogP contribution is 2.29. The van der Waals surface area contributed by atoms with E-state index in [1.807, 2.05) is 0 Å². The third-order valence-electron chi connectivity index (χ3n) is 2.78. The van der Waals surface area contributed by atoms with Crippen LogP contribution in [0.1, 0.15) is 30.6 Å². The van der Waals surface area contributed by atoms with E-state index in [2.05, 4.69) is 0 Å². The van der Waals surface area contributed by atoms with Gasteiger partial charge in [0.25, 0.3) is 5.91 Å². The maximum Gasteiger partial charge on any atom is 0.305 e. The van der Waals surface area contributed by atoms with Crippen LogP contribution in [-0.4, -0.2) is 34.5 Å². The van der Waals surface area contributed by atoms with Crippen LogP contribution in [0.4, 0.5) is 5.69 Å². The van der Waals surface area contributed by atoms with Gasteiger partial charge < -0.3 is 15.7 Å². The van der Waals surface area contributed by atoms with E-state index >= 15 is 0 Å². The van der Waals surface area contributed by atoms with Gasteiger partial charge in [-0.25, -0.2) is 0 Å². The van der Waals surface area contributed by atoms with Crippen molar-refractivity contribution < 1.29 is 14.7 Å². The zero-order chi connectivity index (χ0) is 15.4. The highest BCUT2D eigenvalue weighted by molar-refractivity contribution is 6.39. The van der Waals surface area contributed by atoms with Gasteiger partial charge in [-0.15, -0.1) is 0 Å². The number of hydrogen-bond donors (Lipinski definition) is 2. The van der Waals surface area contributed by atoms with Gasteiger partial charge in [0.2, 0.25) is 0 Å². The second-order valence-electron chi connectivity index (χ2n) is 4.59. The summed E-state index contributed by atoms with van der Waals surface area (Å²) in [5.41, 5.74) is 6.12. The van der Waals surface area contributed by atoms with E-state index in [-0.39, 0.29) is 46.2 Å². The maximum absolute atomic E-state index is 12.4. The fraction of sp³-hybridized carbons (Fsp3) is 0.385. The van der Waals surface area contributed by atoms with E-state index in [1.54, 1.807) is 13.8 Å². The molecule has 0 aliphatic rings. The quantitative estimate of drug-likeness (QED) is 0.817. The zero-order valence-corrected chi connectivity index (χ0v) is 12.7. The van der Waals surface area contributed by atoms with E-state index in [1.165, 1.54) is 17.0 Å². The van der Waals surface area contributed by atoms with Gasteiger partial charge in [0, 0.05) is 18.2 Å². The predicted molar refractivity (Wildman–Crippen MR) is 79.3 cm³/mol. The molecule has 0 aromatic heterocycles. The Balaban J connectivity index is 3.03. The highest BCUT2D eigenvalue weighted by atomic mass is 35.5. The molecule has 110 valence electrons. The van der Waals surface area contributed by atoms with Gasteiger partial charge >= 0.3 is 5.97 Å². The number of rotatable bonds is 5. The lowest BCUT2D eigenvalue weighted by atomic mass is 10.1. The van der Waals surface area contributed by atoms with Crippen molar-refractivity contribution in [2.45, 2.75) is 26.3 Å². The van der Waals surface area contributed by atoms with Crippen LogP contribution < -0.4 is 5.73 Å². The van der Waals surface area contributed by atoms with Gasteiger partial charge in [-0.1, -0.05) is 23.2 Å². The van der Waals surface area contributed by atoms with E-state index in [0.717, 1.165) is 0 Å². The fourth-order valence-electron chi connectivity index (χ4n) is 1.68. The molecule has 0 atom stereocenters. The molecule has 0 aliphatic carbocycles. The Bertz CT molecular complexity index is 509. The number of nitrogens with zero attached hydrogens (tertiary/aromatic N) is 1. The first-order valence-electron chi connectivity index (χ1n) is 6.01. The lowest BCUT2D eigenvalue weighted by molar-refractivity contribution is -0.137. The number of carboxylic acid groups (broad SMARTS) is 1. The van der Waals surface area contributed by atoms with Gasteiger partial charge in [-0.2, -0.15) is 0 Å². The smallest absolute Gasteiger partial charge is 0.305 e. The molecule has 1 aromatic carbocycles. The molecule has 7 heteroatoms. The third-order valence-corrected chi connectivity index (χ3v) is 3.40. The van der Waals surface area contributed by atoms with Crippen molar-refractivity contribution in [3.8, 4) is 0 Å². The molecule has 0 aliphatic heterocycles. The van der Waals surface area contributed by atoms with Gasteiger partial charge in [0.1, 0.15) is 0 Å². The molecular weight excluding hydrogens is 303 g/mol. The molecule has 0 unspecified atom stereocenters. The predicted octanol–water partition coefficient (Wildman–Crippen LogP) is 2.90. The molecule has 20 heavy (non-hydrogen) atoms. The Morgan fingerprint density at radius 1 is 1.30 bits per heavy atom. The first-order valence-corrected chi connectivity index (χ1v) is 6.77. The molecule has 1 rings (SSSR count). The standard InChI is InChI=1S/C13H16Cl2N2O3/c1-7(2)17(4-3-11(18)19)13(20)8-5-9(14)12(16)10(15)6-8/h5-7H,3-4,16H2,1-2H3,(H,18,19). The molecule has 0 saturated heterocycles. The third kappa shape index (κ3) is 4.02. The van der Waals surface area contributed by atoms with E-state index in [4.69, 9.17) is 34.0 Å². The highest BCUT2D eigenvalue weighted by Gasteiger charge is 2.21. The Kier molecular flexibility index (Phi) is 5.65. The van der Waals surface area contributed by atoms with Crippen LogP contribution in [0.15, 0.2) is 12.1 Å². The van der Waals surface area contributed by atoms with Crippen molar-refractivity contribution in [3.05, 3.63) is 27.7 Å². The summed E-state index contributed by atoms with van der Waals surface area (Å²) in [5.74, 6) is -1.29. The van der Waals surface area contributed by atoms with Crippen molar-refractivity contribution in [1.82, 2.24) is 4.90 Å². The monoisotopic (exact) mass is 318 g/mol. The van der Waals surface area contributed by atoms with Gasteiger partial charge in [-0.3, -0.25) is 9.59 Å². The number of nitrogens with two attached hydrogens (primary N) is 1. The van der Waals surface area contributed by atoms with Gasteiger partial charge in [0.15, 0.2) is 0 Å². The number of benzene rings is 1. The van der Waals surface area contributed by atoms with E-state index in [9.17, 15) is 9.59 Å². The van der Waals surface area contributed by atoms with Crippen LogP contribution in [-0.2, 0) is 4.79 Å².